The van der Waals surface area contributed by atoms with Crippen molar-refractivity contribution in [3.05, 3.63) is 89.1 Å². The number of benzene rings is 3. The van der Waals surface area contributed by atoms with Crippen LogP contribution in [-0.4, -0.2) is 0 Å². The zero-order chi connectivity index (χ0) is 21.8. The molecule has 0 spiro atoms. The number of rotatable bonds is 2. The van der Waals surface area contributed by atoms with Crippen molar-refractivity contribution < 1.29 is 8.98 Å². The number of aromatic nitrogens is 1. The maximum Gasteiger partial charge on any atom is 0.216 e. The fourth-order valence-corrected chi connectivity index (χ4v) is 5.32. The molecule has 3 aromatic carbocycles. The van der Waals surface area contributed by atoms with Gasteiger partial charge in [0.15, 0.2) is 6.20 Å². The van der Waals surface area contributed by atoms with Gasteiger partial charge in [0, 0.05) is 28.5 Å². The summed E-state index contributed by atoms with van der Waals surface area (Å²) in [5.41, 5.74) is 10.6. The Labute approximate surface area is 187 Å². The van der Waals surface area contributed by atoms with E-state index in [0.717, 1.165) is 63.6 Å². The van der Waals surface area contributed by atoms with Crippen molar-refractivity contribution in [1.82, 2.24) is 0 Å². The topological polar surface area (TPSA) is 40.8 Å². The van der Waals surface area contributed by atoms with Crippen molar-refractivity contribution in [3.8, 4) is 28.5 Å². The molecule has 2 heterocycles. The molecular weight excluding hydrogens is 392 g/mol. The molecule has 0 saturated heterocycles. The van der Waals surface area contributed by atoms with Crippen LogP contribution in [0.4, 0.5) is 0 Å². The molecule has 6 rings (SSSR count). The zero-order valence-electron chi connectivity index (χ0n) is 18.3. The number of aryl methyl sites for hydroxylation is 3. The molecule has 32 heavy (non-hydrogen) atoms. The predicted octanol–water partition coefficient (Wildman–Crippen LogP) is 6.41. The minimum atomic E-state index is 0.667. The van der Waals surface area contributed by atoms with Gasteiger partial charge in [0.05, 0.1) is 17.2 Å². The summed E-state index contributed by atoms with van der Waals surface area (Å²) >= 11 is 0. The van der Waals surface area contributed by atoms with Crippen LogP contribution in [0.25, 0.3) is 44.3 Å². The van der Waals surface area contributed by atoms with Crippen molar-refractivity contribution in [2.24, 2.45) is 7.05 Å². The van der Waals surface area contributed by atoms with Gasteiger partial charge in [0.25, 0.3) is 0 Å². The van der Waals surface area contributed by atoms with E-state index in [1.54, 1.807) is 0 Å². The smallest absolute Gasteiger partial charge is 0.216 e. The number of furan rings is 1. The number of fused-ring (bicyclic) bond motifs is 4. The van der Waals surface area contributed by atoms with Crippen molar-refractivity contribution in [2.75, 3.05) is 0 Å². The van der Waals surface area contributed by atoms with Crippen molar-refractivity contribution in [1.29, 1.82) is 5.26 Å². The van der Waals surface area contributed by atoms with Gasteiger partial charge in [0.2, 0.25) is 5.69 Å². The van der Waals surface area contributed by atoms with E-state index in [4.69, 9.17) is 4.42 Å². The first-order valence-electron chi connectivity index (χ1n) is 11.1. The molecule has 0 N–H and O–H groups in total. The fourth-order valence-electron chi connectivity index (χ4n) is 5.32. The quantitative estimate of drug-likeness (QED) is 0.312. The van der Waals surface area contributed by atoms with Gasteiger partial charge in [-0.15, -0.1) is 0 Å². The van der Waals surface area contributed by atoms with Gasteiger partial charge >= 0.3 is 0 Å². The van der Waals surface area contributed by atoms with E-state index in [0.29, 0.717) is 5.56 Å². The molecule has 5 aromatic rings. The number of hydrogen-bond donors (Lipinski definition) is 0. The third-order valence-electron chi connectivity index (χ3n) is 6.86. The molecule has 0 radical (unpaired) electrons. The Morgan fingerprint density at radius 3 is 2.50 bits per heavy atom. The van der Waals surface area contributed by atoms with Crippen LogP contribution in [0.3, 0.4) is 0 Å². The van der Waals surface area contributed by atoms with Crippen LogP contribution < -0.4 is 4.57 Å². The molecule has 1 aliphatic carbocycles. The van der Waals surface area contributed by atoms with Gasteiger partial charge in [-0.25, -0.2) is 4.57 Å². The number of pyridine rings is 1. The molecule has 0 atom stereocenters. The van der Waals surface area contributed by atoms with Crippen LogP contribution >= 0.6 is 0 Å². The summed E-state index contributed by atoms with van der Waals surface area (Å²) in [6.45, 7) is 2.13. The predicted molar refractivity (Wildman–Crippen MR) is 127 cm³/mol. The Kier molecular flexibility index (Phi) is 4.16. The zero-order valence-corrected chi connectivity index (χ0v) is 18.3. The fraction of sp³-hybridized carbons (Fsp3) is 0.172. The van der Waals surface area contributed by atoms with E-state index in [2.05, 4.69) is 73.3 Å². The molecule has 0 bridgehead atoms. The van der Waals surface area contributed by atoms with E-state index in [1.807, 2.05) is 18.2 Å². The maximum atomic E-state index is 9.98. The van der Waals surface area contributed by atoms with Crippen LogP contribution in [0.2, 0.25) is 0 Å². The summed E-state index contributed by atoms with van der Waals surface area (Å²) in [4.78, 5) is 0. The summed E-state index contributed by atoms with van der Waals surface area (Å²) in [6, 6.07) is 23.4. The van der Waals surface area contributed by atoms with Gasteiger partial charge in [-0.1, -0.05) is 30.3 Å². The summed E-state index contributed by atoms with van der Waals surface area (Å²) in [7, 11) is 2.06. The summed E-state index contributed by atoms with van der Waals surface area (Å²) in [5.74, 6) is 0. The van der Waals surface area contributed by atoms with E-state index in [9.17, 15) is 5.26 Å². The van der Waals surface area contributed by atoms with Crippen LogP contribution in [0.1, 0.15) is 28.7 Å². The average molecular weight is 416 g/mol. The molecule has 3 nitrogen and oxygen atoms in total. The van der Waals surface area contributed by atoms with Gasteiger partial charge in [-0.3, -0.25) is 0 Å². The second-order valence-electron chi connectivity index (χ2n) is 8.71. The molecule has 1 aliphatic rings. The molecule has 0 amide bonds. The minimum Gasteiger partial charge on any atom is -0.454 e. The third-order valence-corrected chi connectivity index (χ3v) is 6.86. The third kappa shape index (κ3) is 2.63. The van der Waals surface area contributed by atoms with Crippen LogP contribution in [0.5, 0.6) is 0 Å². The monoisotopic (exact) mass is 415 g/mol. The van der Waals surface area contributed by atoms with Gasteiger partial charge < -0.3 is 4.42 Å². The van der Waals surface area contributed by atoms with E-state index >= 15 is 0 Å². The number of nitriles is 1. The minimum absolute atomic E-state index is 0.667. The number of hydrogen-bond acceptors (Lipinski definition) is 2. The normalized spacial score (nSPS) is 12.9. The second kappa shape index (κ2) is 7.07. The van der Waals surface area contributed by atoms with Crippen LogP contribution in [0.15, 0.2) is 71.3 Å². The molecular formula is C29H23N2O+. The first kappa shape index (κ1) is 18.8. The Morgan fingerprint density at radius 2 is 1.69 bits per heavy atom. The Bertz CT molecular complexity index is 1580. The highest BCUT2D eigenvalue weighted by Crippen LogP contribution is 2.43. The maximum absolute atomic E-state index is 9.98. The molecule has 2 aromatic heterocycles. The second-order valence-corrected chi connectivity index (χ2v) is 8.71. The number of nitrogens with zero attached hydrogens (tertiary/aromatic N) is 2. The molecule has 0 fully saturated rings. The van der Waals surface area contributed by atoms with Crippen molar-refractivity contribution >= 4 is 21.9 Å². The highest BCUT2D eigenvalue weighted by Gasteiger charge is 2.25. The average Bonchev–Trinajstić information content (AvgIpc) is 3.43. The SMILES string of the molecule is Cc1ccc2c(oc3c(-c4cccc5c4CCC5)c(C#N)ccc32)c1-c1cccc[n+]1C. The lowest BCUT2D eigenvalue weighted by atomic mass is 9.92. The first-order chi connectivity index (χ1) is 15.7. The Morgan fingerprint density at radius 1 is 0.875 bits per heavy atom. The first-order valence-corrected chi connectivity index (χ1v) is 11.1. The summed E-state index contributed by atoms with van der Waals surface area (Å²) in [6.07, 6.45) is 5.38. The van der Waals surface area contributed by atoms with Gasteiger partial charge in [-0.2, -0.15) is 5.26 Å². The van der Waals surface area contributed by atoms with E-state index < -0.39 is 0 Å². The lowest BCUT2D eigenvalue weighted by Gasteiger charge is -2.11. The lowest BCUT2D eigenvalue weighted by Crippen LogP contribution is -2.30. The van der Waals surface area contributed by atoms with Crippen LogP contribution in [-0.2, 0) is 19.9 Å². The molecule has 154 valence electrons. The molecule has 0 unspecified atom stereocenters. The standard InChI is InChI=1S/C29H23N2O/c1-18-12-14-23-24-15-13-20(17-30)27(22-10-6-8-19-7-5-9-21(19)22)29(24)32-28(23)26(18)25-11-3-4-16-31(25)2/h3-4,6,8,10-16H,5,7,9H2,1-2H3/q+1. The van der Waals surface area contributed by atoms with Crippen molar-refractivity contribution in [3.63, 3.8) is 0 Å². The summed E-state index contributed by atoms with van der Waals surface area (Å²) in [5, 5.41) is 12.1. The van der Waals surface area contributed by atoms with Gasteiger partial charge in [0.1, 0.15) is 18.2 Å². The Balaban J connectivity index is 1.75. The van der Waals surface area contributed by atoms with Crippen molar-refractivity contribution in [2.45, 2.75) is 26.2 Å². The highest BCUT2D eigenvalue weighted by molar-refractivity contribution is 6.14. The lowest BCUT2D eigenvalue weighted by molar-refractivity contribution is -0.660. The highest BCUT2D eigenvalue weighted by atomic mass is 16.3. The van der Waals surface area contributed by atoms with Crippen LogP contribution in [0, 0.1) is 18.3 Å². The molecule has 0 saturated carbocycles. The molecule has 0 aliphatic heterocycles. The summed E-state index contributed by atoms with van der Waals surface area (Å²) < 4.78 is 8.82. The Hall–Kier alpha value is -3.90. The van der Waals surface area contributed by atoms with Gasteiger partial charge in [-0.05, 0) is 66.6 Å². The van der Waals surface area contributed by atoms with E-state index in [1.165, 1.54) is 16.7 Å². The molecule has 3 heteroatoms. The largest absolute Gasteiger partial charge is 0.454 e. The van der Waals surface area contributed by atoms with E-state index in [-0.39, 0.29) is 0 Å².